The number of esters is 1. The molecule has 232 valence electrons. The van der Waals surface area contributed by atoms with Crippen LogP contribution in [0.15, 0.2) is 52.6 Å². The first-order valence-electron chi connectivity index (χ1n) is 13.8. The summed E-state index contributed by atoms with van der Waals surface area (Å²) in [6.07, 6.45) is -2.32. The lowest BCUT2D eigenvalue weighted by Gasteiger charge is -2.28. The van der Waals surface area contributed by atoms with E-state index in [4.69, 9.17) is 24.3 Å². The number of aromatic nitrogens is 1. The normalized spacial score (nSPS) is 24.8. The lowest BCUT2D eigenvalue weighted by Crippen LogP contribution is -2.40. The van der Waals surface area contributed by atoms with Gasteiger partial charge in [0.15, 0.2) is 0 Å². The molecule has 0 bridgehead atoms. The molecule has 0 saturated carbocycles. The number of aliphatic imine (C=N–C) groups is 1. The van der Waals surface area contributed by atoms with Crippen LogP contribution in [0.3, 0.4) is 0 Å². The highest BCUT2D eigenvalue weighted by atomic mass is 31.2. The summed E-state index contributed by atoms with van der Waals surface area (Å²) in [5.41, 5.74) is 5.26. The minimum absolute atomic E-state index is 0.183. The molecule has 1 aromatic heterocycles. The quantitative estimate of drug-likeness (QED) is 0.102. The van der Waals surface area contributed by atoms with E-state index in [1.807, 2.05) is 13.8 Å². The van der Waals surface area contributed by atoms with Crippen LogP contribution in [0.25, 0.3) is 0 Å². The highest BCUT2D eigenvalue weighted by molar-refractivity contribution is 7.52. The predicted molar refractivity (Wildman–Crippen MR) is 159 cm³/mol. The van der Waals surface area contributed by atoms with Crippen molar-refractivity contribution in [2.24, 2.45) is 21.7 Å². The van der Waals surface area contributed by atoms with Crippen LogP contribution in [0.1, 0.15) is 51.9 Å². The lowest BCUT2D eigenvalue weighted by molar-refractivity contribution is -0.146. The molecule has 42 heavy (non-hydrogen) atoms. The molecule has 14 heteroatoms. The number of ether oxygens (including phenoxy) is 2. The number of amidine groups is 1. The van der Waals surface area contributed by atoms with E-state index in [-0.39, 0.29) is 24.1 Å². The zero-order valence-corrected chi connectivity index (χ0v) is 25.6. The van der Waals surface area contributed by atoms with Crippen LogP contribution in [-0.4, -0.2) is 78.0 Å². The molecular formula is C28H42N5O8P. The first-order valence-corrected chi connectivity index (χ1v) is 15.4. The summed E-state index contributed by atoms with van der Waals surface area (Å²) < 4.78 is 38.2. The van der Waals surface area contributed by atoms with Gasteiger partial charge in [0.25, 0.3) is 0 Å². The van der Waals surface area contributed by atoms with Gasteiger partial charge in [-0.15, -0.1) is 0 Å². The van der Waals surface area contributed by atoms with Crippen LogP contribution in [0.4, 0.5) is 0 Å². The Kier molecular flexibility index (Phi) is 11.5. The number of rotatable bonds is 15. The third kappa shape index (κ3) is 7.47. The molecule has 0 amide bonds. The number of hydrogen-bond donors (Lipinski definition) is 4. The molecule has 13 nitrogen and oxygen atoms in total. The molecule has 1 saturated heterocycles. The Labute approximate surface area is 246 Å². The van der Waals surface area contributed by atoms with Gasteiger partial charge in [0, 0.05) is 13.8 Å². The van der Waals surface area contributed by atoms with Gasteiger partial charge in [0.2, 0.25) is 0 Å². The molecule has 2 aromatic rings. The Balaban J connectivity index is 1.80. The van der Waals surface area contributed by atoms with Crippen molar-refractivity contribution in [1.29, 1.82) is 0 Å². The van der Waals surface area contributed by atoms with E-state index in [1.54, 1.807) is 49.4 Å². The number of nitrogens with one attached hydrogen (secondary N) is 1. The first-order chi connectivity index (χ1) is 19.9. The standard InChI is InChI=1S/C28H42N5O8P/c1-7-19(8-2)16-38-27(36)18(3)32-42(37,41-20-12-10-9-11-13-20)39-17-22-24(34)25(35)28(4,40-22)23-15-14-21(26(29)30-5)33(23)31-6/h9-15,18-19,22,24-25,34-35H,6-8,16-17H2,1-5H3,(H2,29,30)(H,32,37)/t18-,22+,24+,25+,28-,42-/m0/s1. The summed E-state index contributed by atoms with van der Waals surface area (Å²) in [4.78, 5) is 16.7. The van der Waals surface area contributed by atoms with E-state index < -0.39 is 50.3 Å². The Hall–Kier alpha value is -3.06. The smallest absolute Gasteiger partial charge is 0.459 e. The van der Waals surface area contributed by atoms with E-state index in [0.717, 1.165) is 12.8 Å². The number of carbonyl (C=O) groups is 1. The molecule has 1 aliphatic heterocycles. The van der Waals surface area contributed by atoms with Gasteiger partial charge in [-0.05, 0) is 44.0 Å². The van der Waals surface area contributed by atoms with E-state index in [1.165, 1.54) is 18.6 Å². The molecule has 6 atom stereocenters. The summed E-state index contributed by atoms with van der Waals surface area (Å²) in [6, 6.07) is 10.5. The lowest BCUT2D eigenvalue weighted by atomic mass is 9.93. The minimum Gasteiger partial charge on any atom is -0.464 e. The summed E-state index contributed by atoms with van der Waals surface area (Å²) in [6.45, 7) is 10.4. The van der Waals surface area contributed by atoms with Crippen molar-refractivity contribution in [2.45, 2.75) is 70.5 Å². The van der Waals surface area contributed by atoms with E-state index in [0.29, 0.717) is 11.4 Å². The van der Waals surface area contributed by atoms with Crippen molar-refractivity contribution >= 4 is 26.3 Å². The Bertz CT molecular complexity index is 1280. The topological polar surface area (TPSA) is 179 Å². The fourth-order valence-corrected chi connectivity index (χ4v) is 6.12. The van der Waals surface area contributed by atoms with Gasteiger partial charge in [-0.25, -0.2) is 9.24 Å². The van der Waals surface area contributed by atoms with E-state index >= 15 is 0 Å². The Morgan fingerprint density at radius 3 is 2.50 bits per heavy atom. The van der Waals surface area contributed by atoms with Gasteiger partial charge in [0.05, 0.1) is 18.9 Å². The second kappa shape index (κ2) is 14.4. The molecule has 0 aliphatic carbocycles. The highest BCUT2D eigenvalue weighted by Crippen LogP contribution is 2.47. The van der Waals surface area contributed by atoms with Crippen LogP contribution in [0.5, 0.6) is 5.75 Å². The number of carbonyl (C=O) groups excluding carboxylic acids is 1. The third-order valence-corrected chi connectivity index (χ3v) is 9.02. The van der Waals surface area contributed by atoms with Crippen molar-refractivity contribution in [3.8, 4) is 5.75 Å². The van der Waals surface area contributed by atoms with Gasteiger partial charge >= 0.3 is 13.7 Å². The van der Waals surface area contributed by atoms with Crippen LogP contribution < -0.4 is 15.3 Å². The van der Waals surface area contributed by atoms with Crippen molar-refractivity contribution in [1.82, 2.24) is 9.76 Å². The average Bonchev–Trinajstić information content (AvgIpc) is 3.52. The second-order valence-electron chi connectivity index (χ2n) is 10.2. The van der Waals surface area contributed by atoms with Gasteiger partial charge in [-0.2, -0.15) is 10.2 Å². The maximum absolute atomic E-state index is 13.9. The van der Waals surface area contributed by atoms with Crippen LogP contribution in [0, 0.1) is 5.92 Å². The van der Waals surface area contributed by atoms with Crippen molar-refractivity contribution in [2.75, 3.05) is 20.3 Å². The Morgan fingerprint density at radius 1 is 1.24 bits per heavy atom. The number of nitrogens with zero attached hydrogens (tertiary/aromatic N) is 3. The third-order valence-electron chi connectivity index (χ3n) is 7.37. The molecule has 5 N–H and O–H groups in total. The van der Waals surface area contributed by atoms with Crippen molar-refractivity contribution < 1.29 is 38.1 Å². The van der Waals surface area contributed by atoms with Gasteiger partial charge in [-0.1, -0.05) is 44.9 Å². The molecule has 1 fully saturated rings. The number of hydrogen-bond acceptors (Lipinski definition) is 10. The number of para-hydroxylation sites is 1. The fourth-order valence-electron chi connectivity index (χ4n) is 4.61. The number of aliphatic hydroxyl groups is 2. The molecule has 3 rings (SSSR count). The molecule has 0 unspecified atom stereocenters. The fraction of sp³-hybridized carbons (Fsp3) is 0.536. The summed E-state index contributed by atoms with van der Waals surface area (Å²) in [5, 5.41) is 28.6. The maximum atomic E-state index is 13.9. The minimum atomic E-state index is -4.24. The molecule has 1 aliphatic rings. The maximum Gasteiger partial charge on any atom is 0.459 e. The van der Waals surface area contributed by atoms with Crippen LogP contribution in [-0.2, 0) is 29.0 Å². The van der Waals surface area contributed by atoms with Crippen molar-refractivity contribution in [3.63, 3.8) is 0 Å². The summed E-state index contributed by atoms with van der Waals surface area (Å²) >= 11 is 0. The van der Waals surface area contributed by atoms with E-state index in [2.05, 4.69) is 21.9 Å². The number of benzene rings is 1. The summed E-state index contributed by atoms with van der Waals surface area (Å²) in [7, 11) is -2.72. The first kappa shape index (κ1) is 33.4. The molecular weight excluding hydrogens is 565 g/mol. The zero-order chi connectivity index (χ0) is 31.1. The SMILES string of the molecule is C=Nn1c(C(N)=NC)ccc1[C@]1(C)O[C@H](CO[P@@](=O)(N[C@@H](C)C(=O)OCC(CC)CC)Oc2ccccc2)[C@@H](O)[C@H]1O. The van der Waals surface area contributed by atoms with Crippen LogP contribution >= 0.6 is 7.75 Å². The number of nitrogens with two attached hydrogens (primary N) is 1. The molecule has 2 heterocycles. The molecule has 0 spiro atoms. The van der Waals surface area contributed by atoms with Crippen LogP contribution in [0.2, 0.25) is 0 Å². The monoisotopic (exact) mass is 607 g/mol. The average molecular weight is 608 g/mol. The second-order valence-corrected chi connectivity index (χ2v) is 11.9. The summed E-state index contributed by atoms with van der Waals surface area (Å²) in [5.74, 6) is 0.000637. The molecule has 0 radical (unpaired) electrons. The number of aliphatic hydroxyl groups excluding tert-OH is 2. The Morgan fingerprint density at radius 2 is 1.90 bits per heavy atom. The molecule has 1 aromatic carbocycles. The van der Waals surface area contributed by atoms with Crippen molar-refractivity contribution in [3.05, 3.63) is 53.9 Å². The largest absolute Gasteiger partial charge is 0.464 e. The zero-order valence-electron chi connectivity index (χ0n) is 24.7. The van der Waals surface area contributed by atoms with E-state index in [9.17, 15) is 19.6 Å². The predicted octanol–water partition coefficient (Wildman–Crippen LogP) is 2.78. The van der Waals surface area contributed by atoms with Gasteiger partial charge in [0.1, 0.15) is 47.2 Å². The highest BCUT2D eigenvalue weighted by Gasteiger charge is 2.54. The van der Waals surface area contributed by atoms with Gasteiger partial charge < -0.3 is 29.9 Å². The van der Waals surface area contributed by atoms with Gasteiger partial charge in [-0.3, -0.25) is 14.3 Å².